The number of nitrogens with one attached hydrogen (secondary N) is 1. The van der Waals surface area contributed by atoms with Crippen LogP contribution in [0.25, 0.3) is 0 Å². The van der Waals surface area contributed by atoms with Crippen molar-refractivity contribution in [2.45, 2.75) is 43.5 Å². The molecule has 0 heterocycles. The summed E-state index contributed by atoms with van der Waals surface area (Å²) in [5.41, 5.74) is 5.50. The molecule has 3 unspecified atom stereocenters. The molecule has 1 amide bonds. The van der Waals surface area contributed by atoms with Crippen LogP contribution in [0.1, 0.15) is 26.2 Å². The van der Waals surface area contributed by atoms with E-state index in [2.05, 4.69) is 11.6 Å². The third kappa shape index (κ3) is 4.20. The predicted octanol–water partition coefficient (Wildman–Crippen LogP) is 0.277. The Balaban J connectivity index is 2.36. The first-order valence-electron chi connectivity index (χ1n) is 5.83. The van der Waals surface area contributed by atoms with Gasteiger partial charge >= 0.3 is 5.97 Å². The van der Waals surface area contributed by atoms with Crippen molar-refractivity contribution >= 4 is 23.6 Å². The summed E-state index contributed by atoms with van der Waals surface area (Å²) in [4.78, 5) is 22.9. The van der Waals surface area contributed by atoms with Crippen LogP contribution in [0.4, 0.5) is 0 Å². The Bertz CT molecular complexity index is 286. The number of carbonyl (C=O) groups is 2. The van der Waals surface area contributed by atoms with Gasteiger partial charge in [-0.1, -0.05) is 0 Å². The fraction of sp³-hybridized carbons (Fsp3) is 0.818. The van der Waals surface area contributed by atoms with E-state index in [0.717, 1.165) is 19.3 Å². The summed E-state index contributed by atoms with van der Waals surface area (Å²) >= 11 is 1.81. The fourth-order valence-corrected chi connectivity index (χ4v) is 2.71. The van der Waals surface area contributed by atoms with E-state index in [0.29, 0.717) is 5.25 Å². The molecule has 6 heteroatoms. The van der Waals surface area contributed by atoms with E-state index in [9.17, 15) is 9.59 Å². The van der Waals surface area contributed by atoms with Crippen LogP contribution in [0.5, 0.6) is 0 Å². The van der Waals surface area contributed by atoms with Crippen LogP contribution in [0.3, 0.4) is 0 Å². The molecule has 0 radical (unpaired) electrons. The van der Waals surface area contributed by atoms with E-state index >= 15 is 0 Å². The minimum atomic E-state index is -1.21. The third-order valence-electron chi connectivity index (χ3n) is 2.89. The third-order valence-corrected chi connectivity index (χ3v) is 3.98. The Hall–Kier alpha value is -0.750. The summed E-state index contributed by atoms with van der Waals surface area (Å²) < 4.78 is 4.70. The zero-order valence-corrected chi connectivity index (χ0v) is 11.1. The fourth-order valence-electron chi connectivity index (χ4n) is 1.92. The van der Waals surface area contributed by atoms with Gasteiger partial charge in [0.2, 0.25) is 5.91 Å². The lowest BCUT2D eigenvalue weighted by Gasteiger charge is -2.16. The van der Waals surface area contributed by atoms with Gasteiger partial charge in [-0.05, 0) is 32.4 Å². The summed E-state index contributed by atoms with van der Waals surface area (Å²) in [7, 11) is 0. The van der Waals surface area contributed by atoms with Crippen molar-refractivity contribution in [3.05, 3.63) is 0 Å². The van der Waals surface area contributed by atoms with Crippen molar-refractivity contribution in [3.8, 4) is 0 Å². The van der Waals surface area contributed by atoms with Crippen LogP contribution in [-0.4, -0.2) is 42.1 Å². The molecule has 0 spiro atoms. The molecule has 0 aromatic rings. The summed E-state index contributed by atoms with van der Waals surface area (Å²) in [5.74, 6) is -1.10. The van der Waals surface area contributed by atoms with Gasteiger partial charge in [-0.3, -0.25) is 4.79 Å². The van der Waals surface area contributed by atoms with Gasteiger partial charge in [-0.25, -0.2) is 4.79 Å². The number of esters is 1. The summed E-state index contributed by atoms with van der Waals surface area (Å²) in [6.07, 6.45) is 5.06. The van der Waals surface area contributed by atoms with Crippen molar-refractivity contribution in [2.75, 3.05) is 12.9 Å². The van der Waals surface area contributed by atoms with Gasteiger partial charge in [0.1, 0.15) is 0 Å². The highest BCUT2D eigenvalue weighted by molar-refractivity contribution is 7.99. The molecule has 0 aromatic heterocycles. The minimum absolute atomic E-state index is 0.139. The van der Waals surface area contributed by atoms with E-state index in [-0.39, 0.29) is 12.6 Å². The monoisotopic (exact) mass is 260 g/mol. The lowest BCUT2D eigenvalue weighted by Crippen LogP contribution is -2.49. The van der Waals surface area contributed by atoms with Gasteiger partial charge in [-0.2, -0.15) is 11.8 Å². The number of hydrogen-bond donors (Lipinski definition) is 2. The second-order valence-corrected chi connectivity index (χ2v) is 5.24. The van der Waals surface area contributed by atoms with E-state index in [4.69, 9.17) is 10.5 Å². The van der Waals surface area contributed by atoms with Crippen LogP contribution < -0.4 is 11.1 Å². The minimum Gasteiger partial charge on any atom is -0.464 e. The molecular formula is C11H20N2O3S. The number of rotatable bonds is 5. The van der Waals surface area contributed by atoms with Crippen LogP contribution in [0.2, 0.25) is 0 Å². The molecule has 1 aliphatic rings. The maximum Gasteiger partial charge on any atom is 0.332 e. The number of thioether (sulfide) groups is 1. The normalized spacial score (nSPS) is 25.4. The summed E-state index contributed by atoms with van der Waals surface area (Å²) in [5, 5.41) is 3.40. The number of ether oxygens (including phenoxy) is 1. The van der Waals surface area contributed by atoms with Crippen molar-refractivity contribution in [1.82, 2.24) is 5.32 Å². The van der Waals surface area contributed by atoms with E-state index in [1.165, 1.54) is 0 Å². The molecule has 1 aliphatic carbocycles. The topological polar surface area (TPSA) is 81.4 Å². The quantitative estimate of drug-likeness (QED) is 0.548. The second-order valence-electron chi connectivity index (χ2n) is 4.11. The standard InChI is InChI=1S/C11H20N2O3S/c1-3-16-11(15)9(12)10(14)13-7-4-5-8(6-7)17-2/h7-9H,3-6,12H2,1-2H3,(H,13,14). The molecule has 3 N–H and O–H groups in total. The van der Waals surface area contributed by atoms with E-state index in [1.807, 2.05) is 11.8 Å². The van der Waals surface area contributed by atoms with Crippen LogP contribution in [0, 0.1) is 0 Å². The Morgan fingerprint density at radius 3 is 2.76 bits per heavy atom. The average Bonchev–Trinajstić information content (AvgIpc) is 2.76. The summed E-state index contributed by atoms with van der Waals surface area (Å²) in [6.45, 7) is 1.92. The van der Waals surface area contributed by atoms with Gasteiger partial charge in [-0.15, -0.1) is 0 Å². The lowest BCUT2D eigenvalue weighted by molar-refractivity contribution is -0.148. The Morgan fingerprint density at radius 1 is 1.53 bits per heavy atom. The lowest BCUT2D eigenvalue weighted by atomic mass is 10.2. The molecule has 0 aromatic carbocycles. The molecular weight excluding hydrogens is 240 g/mol. The first kappa shape index (κ1) is 14.3. The van der Waals surface area contributed by atoms with Crippen molar-refractivity contribution < 1.29 is 14.3 Å². The SMILES string of the molecule is CCOC(=O)C(N)C(=O)NC1CCC(SC)C1. The maximum atomic E-state index is 11.7. The highest BCUT2D eigenvalue weighted by Crippen LogP contribution is 2.28. The zero-order valence-electron chi connectivity index (χ0n) is 10.3. The van der Waals surface area contributed by atoms with Crippen molar-refractivity contribution in [2.24, 2.45) is 5.73 Å². The molecule has 0 bridgehead atoms. The molecule has 3 atom stereocenters. The molecule has 0 aliphatic heterocycles. The van der Waals surface area contributed by atoms with Gasteiger partial charge < -0.3 is 15.8 Å². The first-order chi connectivity index (χ1) is 8.08. The average molecular weight is 260 g/mol. The Morgan fingerprint density at radius 2 is 2.24 bits per heavy atom. The molecule has 5 nitrogen and oxygen atoms in total. The van der Waals surface area contributed by atoms with Crippen molar-refractivity contribution in [1.29, 1.82) is 0 Å². The second kappa shape index (κ2) is 6.86. The van der Waals surface area contributed by atoms with Crippen LogP contribution in [-0.2, 0) is 14.3 Å². The van der Waals surface area contributed by atoms with Gasteiger partial charge in [0.05, 0.1) is 6.61 Å². The van der Waals surface area contributed by atoms with E-state index < -0.39 is 17.9 Å². The van der Waals surface area contributed by atoms with Crippen LogP contribution in [0.15, 0.2) is 0 Å². The molecule has 98 valence electrons. The molecule has 1 fully saturated rings. The van der Waals surface area contributed by atoms with Gasteiger partial charge in [0, 0.05) is 11.3 Å². The largest absolute Gasteiger partial charge is 0.464 e. The van der Waals surface area contributed by atoms with Gasteiger partial charge in [0.15, 0.2) is 6.04 Å². The summed E-state index contributed by atoms with van der Waals surface area (Å²) in [6, 6.07) is -1.07. The molecule has 1 rings (SSSR count). The Labute approximate surface area is 106 Å². The Kier molecular flexibility index (Phi) is 5.77. The molecule has 0 saturated heterocycles. The highest BCUT2D eigenvalue weighted by Gasteiger charge is 2.29. The maximum absolute atomic E-state index is 11.7. The first-order valence-corrected chi connectivity index (χ1v) is 7.12. The number of carbonyl (C=O) groups excluding carboxylic acids is 2. The van der Waals surface area contributed by atoms with E-state index in [1.54, 1.807) is 6.92 Å². The number of amides is 1. The van der Waals surface area contributed by atoms with Gasteiger partial charge in [0.25, 0.3) is 0 Å². The highest BCUT2D eigenvalue weighted by atomic mass is 32.2. The number of hydrogen-bond acceptors (Lipinski definition) is 5. The zero-order chi connectivity index (χ0) is 12.8. The number of nitrogens with two attached hydrogens (primary N) is 1. The van der Waals surface area contributed by atoms with Crippen molar-refractivity contribution in [3.63, 3.8) is 0 Å². The predicted molar refractivity (Wildman–Crippen MR) is 67.7 cm³/mol. The molecule has 17 heavy (non-hydrogen) atoms. The van der Waals surface area contributed by atoms with Crippen LogP contribution >= 0.6 is 11.8 Å². The molecule has 1 saturated carbocycles. The smallest absolute Gasteiger partial charge is 0.332 e.